The van der Waals surface area contributed by atoms with Gasteiger partial charge >= 0.3 is 12.1 Å². The van der Waals surface area contributed by atoms with Crippen molar-refractivity contribution in [1.82, 2.24) is 4.90 Å². The summed E-state index contributed by atoms with van der Waals surface area (Å²) in [4.78, 5) is 12.4. The lowest BCUT2D eigenvalue weighted by Gasteiger charge is -2.21. The highest BCUT2D eigenvalue weighted by molar-refractivity contribution is 6.32. The van der Waals surface area contributed by atoms with E-state index < -0.39 is 12.1 Å². The molecule has 1 heterocycles. The number of rotatable bonds is 2. The Kier molecular flexibility index (Phi) is 5.56. The van der Waals surface area contributed by atoms with Crippen LogP contribution in [0.2, 0.25) is 5.02 Å². The van der Waals surface area contributed by atoms with Crippen molar-refractivity contribution in [1.29, 1.82) is 0 Å². The number of carbonyl (C=O) groups excluding carboxylic acids is 1. The van der Waals surface area contributed by atoms with E-state index in [1.807, 2.05) is 0 Å². The van der Waals surface area contributed by atoms with Crippen molar-refractivity contribution in [3.05, 3.63) is 69.5 Å². The van der Waals surface area contributed by atoms with E-state index in [2.05, 4.69) is 0 Å². The van der Waals surface area contributed by atoms with Crippen LogP contribution in [0, 0.1) is 5.82 Å². The lowest BCUT2D eigenvalue weighted by atomic mass is 9.96. The van der Waals surface area contributed by atoms with Gasteiger partial charge in [-0.3, -0.25) is 4.79 Å². The lowest BCUT2D eigenvalue weighted by molar-refractivity contribution is -0.185. The van der Waals surface area contributed by atoms with E-state index in [-0.39, 0.29) is 25.3 Å². The predicted octanol–water partition coefficient (Wildman–Crippen LogP) is 5.14. The first-order valence-corrected chi connectivity index (χ1v) is 8.74. The third kappa shape index (κ3) is 4.33. The van der Waals surface area contributed by atoms with Crippen molar-refractivity contribution in [3.8, 4) is 0 Å². The molecule has 27 heavy (non-hydrogen) atoms. The highest BCUT2D eigenvalue weighted by Crippen LogP contribution is 2.30. The fourth-order valence-corrected chi connectivity index (χ4v) is 3.41. The Morgan fingerprint density at radius 1 is 1.04 bits per heavy atom. The molecule has 0 fully saturated rings. The van der Waals surface area contributed by atoms with Crippen LogP contribution in [0.3, 0.4) is 0 Å². The van der Waals surface area contributed by atoms with Crippen LogP contribution >= 0.6 is 11.6 Å². The van der Waals surface area contributed by atoms with Crippen molar-refractivity contribution in [2.75, 3.05) is 13.1 Å². The van der Waals surface area contributed by atoms with Gasteiger partial charge in [-0.15, -0.1) is 0 Å². The minimum Gasteiger partial charge on any atom is -0.334 e. The van der Waals surface area contributed by atoms with Gasteiger partial charge in [0.25, 0.3) is 0 Å². The smallest absolute Gasteiger partial charge is 0.334 e. The summed E-state index contributed by atoms with van der Waals surface area (Å²) in [5.41, 5.74) is 2.64. The van der Waals surface area contributed by atoms with Crippen LogP contribution in [0.1, 0.15) is 22.3 Å². The van der Waals surface area contributed by atoms with Crippen LogP contribution in [0.4, 0.5) is 17.6 Å². The minimum absolute atomic E-state index is 0.0105. The molecule has 0 spiro atoms. The van der Waals surface area contributed by atoms with E-state index in [1.54, 1.807) is 42.5 Å². The first-order valence-electron chi connectivity index (χ1n) is 8.36. The second kappa shape index (κ2) is 7.72. The van der Waals surface area contributed by atoms with Gasteiger partial charge in [0.15, 0.2) is 0 Å². The third-order valence-corrected chi connectivity index (χ3v) is 4.88. The van der Waals surface area contributed by atoms with Crippen molar-refractivity contribution in [2.24, 2.45) is 0 Å². The number of hydrogen-bond donors (Lipinski definition) is 0. The average molecular weight is 398 g/mol. The molecule has 2 aromatic carbocycles. The second-order valence-corrected chi connectivity index (χ2v) is 6.65. The molecule has 1 aliphatic heterocycles. The molecule has 3 rings (SSSR count). The minimum atomic E-state index is -4.89. The highest BCUT2D eigenvalue weighted by atomic mass is 35.5. The number of benzene rings is 2. The van der Waals surface area contributed by atoms with E-state index in [1.165, 1.54) is 6.07 Å². The molecule has 0 bridgehead atoms. The first-order chi connectivity index (χ1) is 12.8. The number of halogens is 5. The van der Waals surface area contributed by atoms with Crippen molar-refractivity contribution in [2.45, 2.75) is 19.0 Å². The monoisotopic (exact) mass is 397 g/mol. The largest absolute Gasteiger partial charge is 0.471 e. The molecule has 0 aromatic heterocycles. The van der Waals surface area contributed by atoms with E-state index in [0.29, 0.717) is 22.6 Å². The van der Waals surface area contributed by atoms with Crippen LogP contribution in [0.25, 0.3) is 12.2 Å². The summed E-state index contributed by atoms with van der Waals surface area (Å²) >= 11 is 6.29. The van der Waals surface area contributed by atoms with Gasteiger partial charge in [0.2, 0.25) is 0 Å². The fourth-order valence-electron chi connectivity index (χ4n) is 3.17. The fraction of sp³-hybridized carbons (Fsp3) is 0.250. The second-order valence-electron chi connectivity index (χ2n) is 6.24. The molecule has 0 saturated heterocycles. The van der Waals surface area contributed by atoms with Crippen molar-refractivity contribution in [3.63, 3.8) is 0 Å². The number of alkyl halides is 3. The maximum atomic E-state index is 13.8. The van der Waals surface area contributed by atoms with E-state index in [9.17, 15) is 22.4 Å². The summed E-state index contributed by atoms with van der Waals surface area (Å²) in [5, 5.41) is 0.428. The summed E-state index contributed by atoms with van der Waals surface area (Å²) < 4.78 is 52.0. The Morgan fingerprint density at radius 3 is 2.44 bits per heavy atom. The summed E-state index contributed by atoms with van der Waals surface area (Å²) in [6, 6.07) is 9.68. The SMILES string of the molecule is O=C(N1CCc2ccc(Cl)c(C=Cc3ccccc3F)c2CC1)C(F)(F)F. The van der Waals surface area contributed by atoms with Gasteiger partial charge in [0.05, 0.1) is 0 Å². The van der Waals surface area contributed by atoms with Gasteiger partial charge in [-0.2, -0.15) is 13.2 Å². The number of carbonyl (C=O) groups is 1. The molecule has 0 unspecified atom stereocenters. The van der Waals surface area contributed by atoms with Gasteiger partial charge in [0, 0.05) is 23.7 Å². The van der Waals surface area contributed by atoms with Crippen LogP contribution < -0.4 is 0 Å². The number of fused-ring (bicyclic) bond motifs is 1. The van der Waals surface area contributed by atoms with Gasteiger partial charge in [0.1, 0.15) is 5.82 Å². The quantitative estimate of drug-likeness (QED) is 0.507. The summed E-state index contributed by atoms with van der Waals surface area (Å²) in [7, 11) is 0. The van der Waals surface area contributed by atoms with Gasteiger partial charge in [-0.25, -0.2) is 4.39 Å². The molecule has 7 heteroatoms. The summed E-state index contributed by atoms with van der Waals surface area (Å²) in [6.07, 6.45) is -1.09. The van der Waals surface area contributed by atoms with Crippen LogP contribution in [0.15, 0.2) is 36.4 Å². The standard InChI is InChI=1S/C20H16ClF4NO/c21-17-8-6-13-9-11-26(19(27)20(23,24)25)12-10-15(13)16(17)7-5-14-3-1-2-4-18(14)22/h1-8H,9-12H2. The van der Waals surface area contributed by atoms with Gasteiger partial charge in [-0.1, -0.05) is 48.0 Å². The Morgan fingerprint density at radius 2 is 1.74 bits per heavy atom. The van der Waals surface area contributed by atoms with Crippen LogP contribution in [-0.2, 0) is 17.6 Å². The van der Waals surface area contributed by atoms with Crippen LogP contribution in [0.5, 0.6) is 0 Å². The molecular weight excluding hydrogens is 382 g/mol. The Balaban J connectivity index is 1.90. The molecule has 0 saturated carbocycles. The first kappa shape index (κ1) is 19.4. The average Bonchev–Trinajstić information content (AvgIpc) is 2.83. The van der Waals surface area contributed by atoms with Crippen molar-refractivity contribution >= 4 is 29.7 Å². The zero-order chi connectivity index (χ0) is 19.6. The number of nitrogens with zero attached hydrogens (tertiary/aromatic N) is 1. The van der Waals surface area contributed by atoms with Gasteiger partial charge in [-0.05, 0) is 41.7 Å². The predicted molar refractivity (Wildman–Crippen MR) is 96.8 cm³/mol. The lowest BCUT2D eigenvalue weighted by Crippen LogP contribution is -2.42. The number of amides is 1. The van der Waals surface area contributed by atoms with E-state index in [0.717, 1.165) is 16.0 Å². The Labute approximate surface area is 159 Å². The zero-order valence-corrected chi connectivity index (χ0v) is 14.9. The maximum Gasteiger partial charge on any atom is 0.471 e. The molecular formula is C20H16ClF4NO. The molecule has 0 radical (unpaired) electrons. The highest BCUT2D eigenvalue weighted by Gasteiger charge is 2.42. The number of hydrogen-bond acceptors (Lipinski definition) is 1. The van der Waals surface area contributed by atoms with Gasteiger partial charge < -0.3 is 4.90 Å². The van der Waals surface area contributed by atoms with Crippen LogP contribution in [-0.4, -0.2) is 30.1 Å². The Hall–Kier alpha value is -2.34. The van der Waals surface area contributed by atoms with E-state index >= 15 is 0 Å². The molecule has 2 nitrogen and oxygen atoms in total. The summed E-state index contributed by atoms with van der Waals surface area (Å²) in [5.74, 6) is -2.21. The molecule has 1 amide bonds. The summed E-state index contributed by atoms with van der Waals surface area (Å²) in [6.45, 7) is -0.0599. The normalized spacial score (nSPS) is 14.9. The molecule has 142 valence electrons. The maximum absolute atomic E-state index is 13.8. The molecule has 0 atom stereocenters. The topological polar surface area (TPSA) is 20.3 Å². The van der Waals surface area contributed by atoms with E-state index in [4.69, 9.17) is 11.6 Å². The van der Waals surface area contributed by atoms with Crippen molar-refractivity contribution < 1.29 is 22.4 Å². The molecule has 0 N–H and O–H groups in total. The third-order valence-electron chi connectivity index (χ3n) is 4.55. The zero-order valence-electron chi connectivity index (χ0n) is 14.2. The Bertz CT molecular complexity index is 892. The molecule has 1 aliphatic rings. The molecule has 2 aromatic rings. The molecule has 0 aliphatic carbocycles.